The van der Waals surface area contributed by atoms with Gasteiger partial charge in [0.1, 0.15) is 0 Å². The number of carbonyl (C=O) groups is 1. The molecule has 0 bridgehead atoms. The van der Waals surface area contributed by atoms with Gasteiger partial charge >= 0.3 is 0 Å². The minimum atomic E-state index is -0.651. The molecule has 0 radical (unpaired) electrons. The maximum atomic E-state index is 11.6. The van der Waals surface area contributed by atoms with Crippen molar-refractivity contribution in [1.82, 2.24) is 5.32 Å². The summed E-state index contributed by atoms with van der Waals surface area (Å²) in [5, 5.41) is 21.5. The third-order valence-electron chi connectivity index (χ3n) is 3.06. The van der Waals surface area contributed by atoms with Gasteiger partial charge in [0, 0.05) is 24.8 Å². The summed E-state index contributed by atoms with van der Waals surface area (Å²) in [5.41, 5.74) is 1.98. The molecule has 0 saturated heterocycles. The minimum Gasteiger partial charge on any atom is -0.389 e. The van der Waals surface area contributed by atoms with E-state index < -0.39 is 6.10 Å². The first kappa shape index (κ1) is 16.0. The topological polar surface area (TPSA) is 76.4 Å². The summed E-state index contributed by atoms with van der Waals surface area (Å²) in [6.07, 6.45) is 0.217. The van der Waals surface area contributed by atoms with Crippen LogP contribution in [0.1, 0.15) is 37.5 Å². The second-order valence-corrected chi connectivity index (χ2v) is 4.66. The second-order valence-electron chi connectivity index (χ2n) is 4.66. The molecule has 1 atom stereocenters. The van der Waals surface area contributed by atoms with Crippen LogP contribution in [-0.4, -0.2) is 31.2 Å². The van der Waals surface area contributed by atoms with Crippen molar-refractivity contribution in [2.45, 2.75) is 26.4 Å². The van der Waals surface area contributed by atoms with Crippen LogP contribution >= 0.6 is 0 Å². The highest BCUT2D eigenvalue weighted by Crippen LogP contribution is 2.27. The fourth-order valence-corrected chi connectivity index (χ4v) is 2.05. The molecule has 2 N–H and O–H groups in total. The average Bonchev–Trinajstić information content (AvgIpc) is 2.45. The summed E-state index contributed by atoms with van der Waals surface area (Å²) < 4.78 is 0. The molecule has 0 aliphatic heterocycles. The van der Waals surface area contributed by atoms with Gasteiger partial charge in [0.25, 0.3) is 0 Å². The molecule has 0 heterocycles. The number of hydrogen-bond donors (Lipinski definition) is 2. The predicted octanol–water partition coefficient (Wildman–Crippen LogP) is 1.57. The lowest BCUT2D eigenvalue weighted by atomic mass is 10.0. The van der Waals surface area contributed by atoms with Crippen molar-refractivity contribution in [3.05, 3.63) is 29.3 Å². The summed E-state index contributed by atoms with van der Waals surface area (Å²) in [7, 11) is 1.59. The third kappa shape index (κ3) is 3.97. The van der Waals surface area contributed by atoms with Gasteiger partial charge in [-0.25, -0.2) is 0 Å². The highest BCUT2D eigenvalue weighted by molar-refractivity contribution is 5.81. The zero-order chi connectivity index (χ0) is 15.1. The first-order valence-corrected chi connectivity index (χ1v) is 6.71. The van der Waals surface area contributed by atoms with Crippen molar-refractivity contribution < 1.29 is 9.90 Å². The normalized spacial score (nSPS) is 11.6. The molecule has 5 nitrogen and oxygen atoms in total. The molecule has 1 aromatic carbocycles. The highest BCUT2D eigenvalue weighted by atomic mass is 16.3. The van der Waals surface area contributed by atoms with Gasteiger partial charge in [-0.2, -0.15) is 5.26 Å². The van der Waals surface area contributed by atoms with E-state index in [0.717, 1.165) is 17.7 Å². The average molecular weight is 275 g/mol. The fourth-order valence-electron chi connectivity index (χ4n) is 2.05. The molecule has 0 aliphatic carbocycles. The number of nitrogens with zero attached hydrogens (tertiary/aromatic N) is 2. The van der Waals surface area contributed by atoms with E-state index in [0.29, 0.717) is 12.1 Å². The molecular formula is C15H21N3O2. The van der Waals surface area contributed by atoms with Crippen molar-refractivity contribution in [2.24, 2.45) is 0 Å². The van der Waals surface area contributed by atoms with Gasteiger partial charge in [-0.1, -0.05) is 13.0 Å². The van der Waals surface area contributed by atoms with E-state index in [9.17, 15) is 9.90 Å². The molecule has 0 unspecified atom stereocenters. The SMILES string of the molecule is CCCN(CC(=O)NC)c1cc(C#N)ccc1[C@@H](C)O. The van der Waals surface area contributed by atoms with Crippen LogP contribution in [0.25, 0.3) is 0 Å². The number of anilines is 1. The van der Waals surface area contributed by atoms with E-state index in [4.69, 9.17) is 5.26 Å². The Kier molecular flexibility index (Phi) is 6.01. The highest BCUT2D eigenvalue weighted by Gasteiger charge is 2.17. The number of amides is 1. The maximum Gasteiger partial charge on any atom is 0.239 e. The standard InChI is InChI=1S/C15H21N3O2/c1-4-7-18(10-15(20)17-3)14-8-12(9-16)5-6-13(14)11(2)19/h5-6,8,11,19H,4,7,10H2,1-3H3,(H,17,20)/t11-/m1/s1. The summed E-state index contributed by atoms with van der Waals surface area (Å²) in [5.74, 6) is -0.0997. The van der Waals surface area contributed by atoms with Gasteiger partial charge < -0.3 is 15.3 Å². The zero-order valence-electron chi connectivity index (χ0n) is 12.2. The van der Waals surface area contributed by atoms with Crippen LogP contribution in [0.15, 0.2) is 18.2 Å². The van der Waals surface area contributed by atoms with Crippen LogP contribution in [-0.2, 0) is 4.79 Å². The Labute approximate surface area is 119 Å². The molecule has 1 amide bonds. The van der Waals surface area contributed by atoms with Crippen LogP contribution in [0.3, 0.4) is 0 Å². The van der Waals surface area contributed by atoms with Crippen molar-refractivity contribution in [3.63, 3.8) is 0 Å². The van der Waals surface area contributed by atoms with Crippen molar-refractivity contribution in [1.29, 1.82) is 5.26 Å². The summed E-state index contributed by atoms with van der Waals surface area (Å²) in [6.45, 7) is 4.59. The predicted molar refractivity (Wildman–Crippen MR) is 78.4 cm³/mol. The number of nitrogens with one attached hydrogen (secondary N) is 1. The lowest BCUT2D eigenvalue weighted by Crippen LogP contribution is -2.36. The number of rotatable bonds is 6. The van der Waals surface area contributed by atoms with Crippen LogP contribution in [0.4, 0.5) is 5.69 Å². The Bertz CT molecular complexity index is 506. The summed E-state index contributed by atoms with van der Waals surface area (Å²) >= 11 is 0. The summed E-state index contributed by atoms with van der Waals surface area (Å²) in [4.78, 5) is 13.5. The van der Waals surface area contributed by atoms with Crippen LogP contribution in [0.5, 0.6) is 0 Å². The molecule has 5 heteroatoms. The molecule has 0 aliphatic rings. The first-order valence-electron chi connectivity index (χ1n) is 6.71. The van der Waals surface area contributed by atoms with E-state index in [1.807, 2.05) is 11.8 Å². The molecule has 1 aromatic rings. The number of aliphatic hydroxyl groups is 1. The van der Waals surface area contributed by atoms with Gasteiger partial charge in [-0.3, -0.25) is 4.79 Å². The molecular weight excluding hydrogens is 254 g/mol. The lowest BCUT2D eigenvalue weighted by Gasteiger charge is -2.27. The van der Waals surface area contributed by atoms with E-state index in [2.05, 4.69) is 11.4 Å². The molecule has 0 spiro atoms. The second kappa shape index (κ2) is 7.51. The van der Waals surface area contributed by atoms with Crippen molar-refractivity contribution in [2.75, 3.05) is 25.0 Å². The van der Waals surface area contributed by atoms with E-state index >= 15 is 0 Å². The van der Waals surface area contributed by atoms with Gasteiger partial charge in [0.15, 0.2) is 0 Å². The number of hydrogen-bond acceptors (Lipinski definition) is 4. The Hall–Kier alpha value is -2.06. The van der Waals surface area contributed by atoms with Gasteiger partial charge in [-0.05, 0) is 25.5 Å². The first-order chi connectivity index (χ1) is 9.53. The lowest BCUT2D eigenvalue weighted by molar-refractivity contribution is -0.119. The number of benzene rings is 1. The Morgan fingerprint density at radius 1 is 1.55 bits per heavy atom. The van der Waals surface area contributed by atoms with Crippen LogP contribution in [0, 0.1) is 11.3 Å². The minimum absolute atomic E-state index is 0.0997. The van der Waals surface area contributed by atoms with E-state index in [1.165, 1.54) is 0 Å². The van der Waals surface area contributed by atoms with E-state index in [1.54, 1.807) is 32.2 Å². The number of likely N-dealkylation sites (N-methyl/N-ethyl adjacent to an activating group) is 1. The Balaban J connectivity index is 3.21. The fraction of sp³-hybridized carbons (Fsp3) is 0.467. The van der Waals surface area contributed by atoms with Crippen LogP contribution < -0.4 is 10.2 Å². The zero-order valence-corrected chi connectivity index (χ0v) is 12.2. The number of nitriles is 1. The monoisotopic (exact) mass is 275 g/mol. The van der Waals surface area contributed by atoms with Gasteiger partial charge in [0.2, 0.25) is 5.91 Å². The molecule has 0 saturated carbocycles. The van der Waals surface area contributed by atoms with Crippen LogP contribution in [0.2, 0.25) is 0 Å². The quantitative estimate of drug-likeness (QED) is 0.826. The molecule has 1 rings (SSSR count). The third-order valence-corrected chi connectivity index (χ3v) is 3.06. The van der Waals surface area contributed by atoms with Gasteiger partial charge in [-0.15, -0.1) is 0 Å². The smallest absolute Gasteiger partial charge is 0.239 e. The van der Waals surface area contributed by atoms with Gasteiger partial charge in [0.05, 0.1) is 24.3 Å². The molecule has 0 fully saturated rings. The number of aliphatic hydroxyl groups excluding tert-OH is 1. The maximum absolute atomic E-state index is 11.6. The van der Waals surface area contributed by atoms with Crippen molar-refractivity contribution >= 4 is 11.6 Å². The van der Waals surface area contributed by atoms with Crippen molar-refractivity contribution in [3.8, 4) is 6.07 Å². The molecule has 20 heavy (non-hydrogen) atoms. The summed E-state index contributed by atoms with van der Waals surface area (Å²) in [6, 6.07) is 7.23. The Morgan fingerprint density at radius 3 is 2.75 bits per heavy atom. The number of carbonyl (C=O) groups excluding carboxylic acids is 1. The largest absolute Gasteiger partial charge is 0.389 e. The Morgan fingerprint density at radius 2 is 2.25 bits per heavy atom. The molecule has 108 valence electrons. The van der Waals surface area contributed by atoms with E-state index in [-0.39, 0.29) is 12.5 Å². The molecule has 0 aromatic heterocycles.